The predicted octanol–water partition coefficient (Wildman–Crippen LogP) is 5.07. The number of amides is 2. The van der Waals surface area contributed by atoms with Gasteiger partial charge in [-0.1, -0.05) is 38.1 Å². The summed E-state index contributed by atoms with van der Waals surface area (Å²) in [4.78, 5) is 25.4. The van der Waals surface area contributed by atoms with Crippen molar-refractivity contribution >= 4 is 28.2 Å². The zero-order valence-electron chi connectivity index (χ0n) is 18.0. The Balaban J connectivity index is 1.68. The van der Waals surface area contributed by atoms with Gasteiger partial charge in [-0.3, -0.25) is 9.59 Å². The highest BCUT2D eigenvalue weighted by atomic mass is 32.1. The van der Waals surface area contributed by atoms with Crippen molar-refractivity contribution < 1.29 is 19.1 Å². The molecule has 1 heterocycles. The minimum atomic E-state index is -0.281. The van der Waals surface area contributed by atoms with Crippen LogP contribution in [0.25, 0.3) is 0 Å². The second-order valence-corrected chi connectivity index (χ2v) is 8.15. The molecule has 0 bridgehead atoms. The molecule has 1 aromatic heterocycles. The molecule has 2 amide bonds. The lowest BCUT2D eigenvalue weighted by Crippen LogP contribution is -2.24. The van der Waals surface area contributed by atoms with Crippen LogP contribution in [-0.2, 0) is 6.54 Å². The van der Waals surface area contributed by atoms with E-state index in [0.29, 0.717) is 33.5 Å². The molecule has 0 aliphatic rings. The Hall–Kier alpha value is -3.32. The van der Waals surface area contributed by atoms with E-state index in [0.717, 1.165) is 5.56 Å². The van der Waals surface area contributed by atoms with Gasteiger partial charge in [-0.05, 0) is 41.1 Å². The molecule has 0 unspecified atom stereocenters. The van der Waals surface area contributed by atoms with Crippen molar-refractivity contribution in [2.45, 2.75) is 26.3 Å². The Kier molecular flexibility index (Phi) is 7.31. The smallest absolute Gasteiger partial charge is 0.256 e. The molecular weight excluding hydrogens is 412 g/mol. The number of benzene rings is 2. The van der Waals surface area contributed by atoms with E-state index in [4.69, 9.17) is 9.47 Å². The quantitative estimate of drug-likeness (QED) is 0.515. The van der Waals surface area contributed by atoms with Crippen LogP contribution >= 0.6 is 11.3 Å². The molecule has 0 aliphatic carbocycles. The average molecular weight is 439 g/mol. The maximum absolute atomic E-state index is 12.8. The summed E-state index contributed by atoms with van der Waals surface area (Å²) in [6, 6.07) is 14.7. The highest BCUT2D eigenvalue weighted by Gasteiger charge is 2.17. The van der Waals surface area contributed by atoms with E-state index in [-0.39, 0.29) is 18.4 Å². The maximum Gasteiger partial charge on any atom is 0.256 e. The van der Waals surface area contributed by atoms with Gasteiger partial charge in [0.1, 0.15) is 5.00 Å². The summed E-state index contributed by atoms with van der Waals surface area (Å²) in [5.41, 5.74) is 2.92. The van der Waals surface area contributed by atoms with Crippen LogP contribution < -0.4 is 20.1 Å². The Morgan fingerprint density at radius 3 is 2.35 bits per heavy atom. The second kappa shape index (κ2) is 10.1. The lowest BCUT2D eigenvalue weighted by Gasteiger charge is -2.13. The summed E-state index contributed by atoms with van der Waals surface area (Å²) in [5, 5.41) is 8.01. The van der Waals surface area contributed by atoms with Gasteiger partial charge in [0.2, 0.25) is 0 Å². The first kappa shape index (κ1) is 22.4. The first-order valence-corrected chi connectivity index (χ1v) is 10.8. The first-order valence-electron chi connectivity index (χ1n) is 9.91. The Morgan fingerprint density at radius 1 is 0.968 bits per heavy atom. The molecular formula is C24H26N2O4S. The van der Waals surface area contributed by atoms with Crippen LogP contribution in [0, 0.1) is 0 Å². The Labute approximate surface area is 186 Å². The predicted molar refractivity (Wildman–Crippen MR) is 124 cm³/mol. The van der Waals surface area contributed by atoms with Crippen LogP contribution in [0.5, 0.6) is 11.5 Å². The van der Waals surface area contributed by atoms with Crippen molar-refractivity contribution in [3.05, 3.63) is 76.2 Å². The normalized spacial score (nSPS) is 10.6. The van der Waals surface area contributed by atoms with Gasteiger partial charge in [0.25, 0.3) is 11.8 Å². The summed E-state index contributed by atoms with van der Waals surface area (Å²) in [7, 11) is 3.13. The average Bonchev–Trinajstić information content (AvgIpc) is 3.25. The number of hydrogen-bond donors (Lipinski definition) is 2. The van der Waals surface area contributed by atoms with Gasteiger partial charge in [0, 0.05) is 17.7 Å². The highest BCUT2D eigenvalue weighted by molar-refractivity contribution is 7.14. The fourth-order valence-electron chi connectivity index (χ4n) is 3.14. The van der Waals surface area contributed by atoms with Crippen molar-refractivity contribution in [3.63, 3.8) is 0 Å². The van der Waals surface area contributed by atoms with Gasteiger partial charge in [-0.15, -0.1) is 11.3 Å². The zero-order chi connectivity index (χ0) is 22.4. The molecule has 7 heteroatoms. The lowest BCUT2D eigenvalue weighted by molar-refractivity contribution is 0.0952. The number of rotatable bonds is 8. The van der Waals surface area contributed by atoms with E-state index < -0.39 is 0 Å². The van der Waals surface area contributed by atoms with Crippen molar-refractivity contribution in [1.29, 1.82) is 0 Å². The number of para-hydroxylation sites is 1. The summed E-state index contributed by atoms with van der Waals surface area (Å²) >= 11 is 1.31. The van der Waals surface area contributed by atoms with E-state index >= 15 is 0 Å². The van der Waals surface area contributed by atoms with Crippen LogP contribution in [0.4, 0.5) is 5.00 Å². The number of hydrogen-bond acceptors (Lipinski definition) is 5. The van der Waals surface area contributed by atoms with Gasteiger partial charge in [0.05, 0.1) is 19.8 Å². The third-order valence-corrected chi connectivity index (χ3v) is 5.73. The zero-order valence-corrected chi connectivity index (χ0v) is 18.8. The minimum Gasteiger partial charge on any atom is -0.493 e. The van der Waals surface area contributed by atoms with Crippen molar-refractivity contribution in [2.75, 3.05) is 19.5 Å². The minimum absolute atomic E-state index is 0.249. The standard InChI is InChI=1S/C24H26N2O4S/c1-15(2)16-8-10-17(11-9-16)22(27)26-24-19(12-13-31-24)23(28)25-14-18-6-5-7-20(29-3)21(18)30-4/h5-13,15H,14H2,1-4H3,(H,25,28)(H,26,27). The lowest BCUT2D eigenvalue weighted by atomic mass is 10.0. The SMILES string of the molecule is COc1cccc(CNC(=O)c2ccsc2NC(=O)c2ccc(C(C)C)cc2)c1OC. The van der Waals surface area contributed by atoms with E-state index in [1.807, 2.05) is 24.3 Å². The molecule has 0 spiro atoms. The number of carbonyl (C=O) groups is 2. The van der Waals surface area contributed by atoms with Gasteiger partial charge >= 0.3 is 0 Å². The monoisotopic (exact) mass is 438 g/mol. The second-order valence-electron chi connectivity index (χ2n) is 7.23. The summed E-state index contributed by atoms with van der Waals surface area (Å²) < 4.78 is 10.7. The molecule has 0 saturated heterocycles. The van der Waals surface area contributed by atoms with Gasteiger partial charge in [0.15, 0.2) is 11.5 Å². The number of thiophene rings is 1. The van der Waals surface area contributed by atoms with Gasteiger partial charge in [-0.25, -0.2) is 0 Å². The van der Waals surface area contributed by atoms with Crippen LogP contribution in [-0.4, -0.2) is 26.0 Å². The fraction of sp³-hybridized carbons (Fsp3) is 0.250. The third-order valence-electron chi connectivity index (χ3n) is 4.90. The van der Waals surface area contributed by atoms with Gasteiger partial charge < -0.3 is 20.1 Å². The molecule has 2 N–H and O–H groups in total. The van der Waals surface area contributed by atoms with E-state index in [2.05, 4.69) is 24.5 Å². The molecule has 31 heavy (non-hydrogen) atoms. The van der Waals surface area contributed by atoms with Crippen LogP contribution in [0.2, 0.25) is 0 Å². The molecule has 3 aromatic rings. The molecule has 0 aliphatic heterocycles. The first-order chi connectivity index (χ1) is 14.9. The van der Waals surface area contributed by atoms with Gasteiger partial charge in [-0.2, -0.15) is 0 Å². The number of anilines is 1. The van der Waals surface area contributed by atoms with Crippen molar-refractivity contribution in [1.82, 2.24) is 5.32 Å². The number of nitrogens with one attached hydrogen (secondary N) is 2. The molecule has 0 atom stereocenters. The number of ether oxygens (including phenoxy) is 2. The summed E-state index contributed by atoms with van der Waals surface area (Å²) in [5.74, 6) is 1.04. The molecule has 2 aromatic carbocycles. The molecule has 3 rings (SSSR count). The molecule has 6 nitrogen and oxygen atoms in total. The summed E-state index contributed by atoms with van der Waals surface area (Å²) in [6.45, 7) is 4.47. The van der Waals surface area contributed by atoms with Crippen LogP contribution in [0.3, 0.4) is 0 Å². The van der Waals surface area contributed by atoms with Crippen molar-refractivity contribution in [3.8, 4) is 11.5 Å². The van der Waals surface area contributed by atoms with E-state index in [1.54, 1.807) is 43.9 Å². The largest absolute Gasteiger partial charge is 0.493 e. The fourth-order valence-corrected chi connectivity index (χ4v) is 3.92. The number of carbonyl (C=O) groups excluding carboxylic acids is 2. The molecule has 0 radical (unpaired) electrons. The third kappa shape index (κ3) is 5.24. The van der Waals surface area contributed by atoms with E-state index in [1.165, 1.54) is 16.9 Å². The molecule has 0 saturated carbocycles. The highest BCUT2D eigenvalue weighted by Crippen LogP contribution is 2.31. The number of methoxy groups -OCH3 is 2. The maximum atomic E-state index is 12.8. The topological polar surface area (TPSA) is 76.7 Å². The van der Waals surface area contributed by atoms with Crippen LogP contribution in [0.1, 0.15) is 51.6 Å². The molecule has 0 fully saturated rings. The Bertz CT molecular complexity index is 1060. The van der Waals surface area contributed by atoms with Crippen LogP contribution in [0.15, 0.2) is 53.9 Å². The molecule has 162 valence electrons. The Morgan fingerprint density at radius 2 is 1.71 bits per heavy atom. The summed E-state index contributed by atoms with van der Waals surface area (Å²) in [6.07, 6.45) is 0. The van der Waals surface area contributed by atoms with Crippen molar-refractivity contribution in [2.24, 2.45) is 0 Å². The van der Waals surface area contributed by atoms with E-state index in [9.17, 15) is 9.59 Å².